The number of rotatable bonds is 8. The Morgan fingerprint density at radius 1 is 0.971 bits per heavy atom. The maximum absolute atomic E-state index is 12.5. The summed E-state index contributed by atoms with van der Waals surface area (Å²) >= 11 is 0. The van der Waals surface area contributed by atoms with E-state index < -0.39 is 12.1 Å². The van der Waals surface area contributed by atoms with E-state index in [4.69, 9.17) is 14.3 Å². The number of carbonyl (C=O) groups is 3. The molecule has 8 nitrogen and oxygen atoms in total. The van der Waals surface area contributed by atoms with E-state index in [9.17, 15) is 14.4 Å². The van der Waals surface area contributed by atoms with Crippen LogP contribution in [0.1, 0.15) is 46.2 Å². The van der Waals surface area contributed by atoms with Gasteiger partial charge in [-0.3, -0.25) is 9.59 Å². The van der Waals surface area contributed by atoms with Gasteiger partial charge < -0.3 is 24.5 Å². The van der Waals surface area contributed by atoms with E-state index in [0.717, 1.165) is 11.1 Å². The van der Waals surface area contributed by atoms with Gasteiger partial charge >= 0.3 is 12.1 Å². The number of carboxylic acids is 1. The van der Waals surface area contributed by atoms with Gasteiger partial charge in [-0.1, -0.05) is 48.5 Å². The smallest absolute Gasteiger partial charge is 0.407 e. The van der Waals surface area contributed by atoms with Gasteiger partial charge in [0.2, 0.25) is 0 Å². The second-order valence-electron chi connectivity index (χ2n) is 8.95. The van der Waals surface area contributed by atoms with Crippen LogP contribution in [-0.4, -0.2) is 47.7 Å². The first-order valence-corrected chi connectivity index (χ1v) is 11.7. The van der Waals surface area contributed by atoms with Crippen molar-refractivity contribution in [3.8, 4) is 11.1 Å². The Hall–Kier alpha value is -4.07. The third-order valence-electron chi connectivity index (χ3n) is 6.63. The molecule has 0 bridgehead atoms. The molecule has 1 fully saturated rings. The van der Waals surface area contributed by atoms with Crippen LogP contribution in [0.4, 0.5) is 4.79 Å². The number of aliphatic carboxylic acids is 1. The highest BCUT2D eigenvalue weighted by Crippen LogP contribution is 2.44. The summed E-state index contributed by atoms with van der Waals surface area (Å²) in [5.41, 5.74) is 4.62. The largest absolute Gasteiger partial charge is 0.481 e. The van der Waals surface area contributed by atoms with Crippen molar-refractivity contribution in [3.63, 3.8) is 0 Å². The molecule has 2 aliphatic rings. The Balaban J connectivity index is 1.10. The fourth-order valence-corrected chi connectivity index (χ4v) is 4.80. The Labute approximate surface area is 202 Å². The summed E-state index contributed by atoms with van der Waals surface area (Å²) in [5, 5.41) is 11.4. The molecule has 2 amide bonds. The highest BCUT2D eigenvalue weighted by atomic mass is 16.5. The van der Waals surface area contributed by atoms with Gasteiger partial charge in [0.15, 0.2) is 5.76 Å². The normalized spacial score (nSPS) is 14.7. The minimum absolute atomic E-state index is 0.0168. The van der Waals surface area contributed by atoms with Gasteiger partial charge in [-0.2, -0.15) is 0 Å². The maximum Gasteiger partial charge on any atom is 0.407 e. The number of alkyl carbamates (subject to hydrolysis) is 1. The molecule has 35 heavy (non-hydrogen) atoms. The topological polar surface area (TPSA) is 109 Å². The van der Waals surface area contributed by atoms with Gasteiger partial charge in [0.25, 0.3) is 5.91 Å². The van der Waals surface area contributed by atoms with E-state index in [-0.39, 0.29) is 43.1 Å². The molecule has 1 saturated heterocycles. The number of nitrogens with one attached hydrogen (secondary N) is 1. The van der Waals surface area contributed by atoms with Crippen molar-refractivity contribution < 1.29 is 28.6 Å². The standard InChI is InChI=1S/C27H26N2O6/c30-25(31)12-9-17-14-29(15-17)26(32)24-11-10-18(35-24)13-28-27(33)34-16-23-21-7-3-1-5-19(21)20-6-2-4-8-22(20)23/h1-8,10-11,17,23H,9,12-16H2,(H,28,33)(H,30,31). The van der Waals surface area contributed by atoms with E-state index in [1.54, 1.807) is 17.0 Å². The summed E-state index contributed by atoms with van der Waals surface area (Å²) in [7, 11) is 0. The molecule has 0 saturated carbocycles. The van der Waals surface area contributed by atoms with Crippen molar-refractivity contribution in [2.24, 2.45) is 5.92 Å². The number of hydrogen-bond acceptors (Lipinski definition) is 5. The number of amides is 2. The van der Waals surface area contributed by atoms with Crippen LogP contribution in [0.15, 0.2) is 65.1 Å². The molecule has 0 spiro atoms. The van der Waals surface area contributed by atoms with Gasteiger partial charge in [0.1, 0.15) is 12.4 Å². The first kappa shape index (κ1) is 22.7. The van der Waals surface area contributed by atoms with Crippen molar-refractivity contribution >= 4 is 18.0 Å². The van der Waals surface area contributed by atoms with Crippen LogP contribution in [0.25, 0.3) is 11.1 Å². The zero-order valence-corrected chi connectivity index (χ0v) is 19.1. The molecule has 0 unspecified atom stereocenters. The number of furan rings is 1. The molecule has 1 aliphatic heterocycles. The van der Waals surface area contributed by atoms with E-state index >= 15 is 0 Å². The summed E-state index contributed by atoms with van der Waals surface area (Å²) in [6.45, 7) is 1.38. The summed E-state index contributed by atoms with van der Waals surface area (Å²) in [6, 6.07) is 19.5. The lowest BCUT2D eigenvalue weighted by Crippen LogP contribution is -2.49. The molecule has 1 aromatic heterocycles. The second kappa shape index (κ2) is 9.66. The van der Waals surface area contributed by atoms with Gasteiger partial charge in [-0.15, -0.1) is 0 Å². The number of carbonyl (C=O) groups excluding carboxylic acids is 2. The molecular weight excluding hydrogens is 448 g/mol. The molecule has 5 rings (SSSR count). The molecule has 2 heterocycles. The zero-order chi connectivity index (χ0) is 24.4. The predicted octanol–water partition coefficient (Wildman–Crippen LogP) is 4.26. The maximum atomic E-state index is 12.5. The van der Waals surface area contributed by atoms with E-state index in [0.29, 0.717) is 25.3 Å². The van der Waals surface area contributed by atoms with Crippen LogP contribution in [-0.2, 0) is 16.1 Å². The van der Waals surface area contributed by atoms with Gasteiger partial charge in [0, 0.05) is 25.4 Å². The first-order chi connectivity index (χ1) is 17.0. The summed E-state index contributed by atoms with van der Waals surface area (Å²) in [6.07, 6.45) is 0.117. The monoisotopic (exact) mass is 474 g/mol. The van der Waals surface area contributed by atoms with Gasteiger partial charge in [-0.05, 0) is 46.7 Å². The number of benzene rings is 2. The van der Waals surface area contributed by atoms with Crippen molar-refractivity contribution in [1.29, 1.82) is 0 Å². The van der Waals surface area contributed by atoms with Crippen LogP contribution < -0.4 is 5.32 Å². The van der Waals surface area contributed by atoms with E-state index in [2.05, 4.69) is 29.6 Å². The quantitative estimate of drug-likeness (QED) is 0.505. The Bertz CT molecular complexity index is 1210. The van der Waals surface area contributed by atoms with Crippen molar-refractivity contribution in [2.75, 3.05) is 19.7 Å². The third-order valence-corrected chi connectivity index (χ3v) is 6.63. The molecule has 8 heteroatoms. The SMILES string of the molecule is O=C(O)CCC1CN(C(=O)c2ccc(CNC(=O)OCC3c4ccccc4-c4ccccc43)o2)C1. The lowest BCUT2D eigenvalue weighted by molar-refractivity contribution is -0.137. The average Bonchev–Trinajstić information content (AvgIpc) is 3.43. The third kappa shape index (κ3) is 4.77. The highest BCUT2D eigenvalue weighted by Gasteiger charge is 2.33. The summed E-state index contributed by atoms with van der Waals surface area (Å²) in [5.74, 6) is -0.217. The molecule has 0 atom stereocenters. The summed E-state index contributed by atoms with van der Waals surface area (Å²) < 4.78 is 11.1. The molecule has 2 aromatic carbocycles. The average molecular weight is 475 g/mol. The lowest BCUT2D eigenvalue weighted by Gasteiger charge is -2.38. The number of carboxylic acid groups (broad SMARTS) is 1. The van der Waals surface area contributed by atoms with Gasteiger partial charge in [-0.25, -0.2) is 4.79 Å². The van der Waals surface area contributed by atoms with Crippen LogP contribution in [0, 0.1) is 5.92 Å². The number of fused-ring (bicyclic) bond motifs is 3. The predicted molar refractivity (Wildman–Crippen MR) is 127 cm³/mol. The van der Waals surface area contributed by atoms with Crippen LogP contribution >= 0.6 is 0 Å². The molecule has 3 aromatic rings. The number of likely N-dealkylation sites (tertiary alicyclic amines) is 1. The van der Waals surface area contributed by atoms with Crippen LogP contribution in [0.5, 0.6) is 0 Å². The molecule has 0 radical (unpaired) electrons. The minimum Gasteiger partial charge on any atom is -0.481 e. The minimum atomic E-state index is -0.825. The summed E-state index contributed by atoms with van der Waals surface area (Å²) in [4.78, 5) is 37.2. The second-order valence-corrected chi connectivity index (χ2v) is 8.95. The van der Waals surface area contributed by atoms with Gasteiger partial charge in [0.05, 0.1) is 6.54 Å². The fraction of sp³-hybridized carbons (Fsp3) is 0.296. The Morgan fingerprint density at radius 2 is 1.63 bits per heavy atom. The number of nitrogens with zero attached hydrogens (tertiary/aromatic N) is 1. The van der Waals surface area contributed by atoms with Crippen LogP contribution in [0.3, 0.4) is 0 Å². The molecule has 1 aliphatic carbocycles. The van der Waals surface area contributed by atoms with Crippen molar-refractivity contribution in [3.05, 3.63) is 83.3 Å². The van der Waals surface area contributed by atoms with E-state index in [1.165, 1.54) is 11.1 Å². The van der Waals surface area contributed by atoms with Crippen molar-refractivity contribution in [2.45, 2.75) is 25.3 Å². The van der Waals surface area contributed by atoms with Crippen LogP contribution in [0.2, 0.25) is 0 Å². The van der Waals surface area contributed by atoms with E-state index in [1.807, 2.05) is 24.3 Å². The fourth-order valence-electron chi connectivity index (χ4n) is 4.80. The number of hydrogen-bond donors (Lipinski definition) is 2. The Morgan fingerprint density at radius 3 is 2.29 bits per heavy atom. The molecular formula is C27H26N2O6. The number of ether oxygens (including phenoxy) is 1. The van der Waals surface area contributed by atoms with Crippen molar-refractivity contribution in [1.82, 2.24) is 10.2 Å². The zero-order valence-electron chi connectivity index (χ0n) is 19.1. The Kier molecular flexibility index (Phi) is 6.27. The first-order valence-electron chi connectivity index (χ1n) is 11.7. The highest BCUT2D eigenvalue weighted by molar-refractivity contribution is 5.92. The molecule has 2 N–H and O–H groups in total. The lowest BCUT2D eigenvalue weighted by atomic mass is 9.94. The molecule has 180 valence electrons.